The molecule has 120 valence electrons. The number of carbonyl (C=O) groups excluding carboxylic acids is 1. The van der Waals surface area contributed by atoms with Crippen molar-refractivity contribution in [2.24, 2.45) is 10.8 Å². The Morgan fingerprint density at radius 1 is 1.30 bits per heavy atom. The number of nitrogens with one attached hydrogen (secondary N) is 1. The standard InChI is InChI=1S/C17H19N3O2S/c1-13-5-7-16(8-6-13)23-10-9-22-15-4-2-3-14(11-15)12-19-20-17(18)21/h2-8,11-12H,9-10H2,1H3,(H3,18,20,21). The van der Waals surface area contributed by atoms with Crippen LogP contribution in [0.1, 0.15) is 11.1 Å². The summed E-state index contributed by atoms with van der Waals surface area (Å²) in [7, 11) is 0. The molecule has 2 rings (SSSR count). The fourth-order valence-electron chi connectivity index (χ4n) is 1.81. The van der Waals surface area contributed by atoms with Gasteiger partial charge in [0.05, 0.1) is 12.8 Å². The van der Waals surface area contributed by atoms with Crippen LogP contribution < -0.4 is 15.9 Å². The highest BCUT2D eigenvalue weighted by atomic mass is 32.2. The lowest BCUT2D eigenvalue weighted by Gasteiger charge is -2.07. The Kier molecular flexibility index (Phi) is 6.50. The molecule has 0 saturated heterocycles. The molecule has 2 aromatic rings. The molecule has 0 aliphatic carbocycles. The van der Waals surface area contributed by atoms with Gasteiger partial charge >= 0.3 is 6.03 Å². The second-order valence-corrected chi connectivity index (χ2v) is 5.99. The number of amides is 2. The van der Waals surface area contributed by atoms with E-state index in [2.05, 4.69) is 41.7 Å². The lowest BCUT2D eigenvalue weighted by atomic mass is 10.2. The maximum Gasteiger partial charge on any atom is 0.332 e. The average Bonchev–Trinajstić information content (AvgIpc) is 2.53. The van der Waals surface area contributed by atoms with Crippen molar-refractivity contribution in [2.45, 2.75) is 11.8 Å². The first kappa shape index (κ1) is 16.9. The Balaban J connectivity index is 1.78. The van der Waals surface area contributed by atoms with E-state index in [0.29, 0.717) is 6.61 Å². The fourth-order valence-corrected chi connectivity index (χ4v) is 2.54. The normalized spacial score (nSPS) is 10.7. The number of nitrogens with two attached hydrogens (primary N) is 1. The van der Waals surface area contributed by atoms with Gasteiger partial charge in [-0.05, 0) is 36.8 Å². The Labute approximate surface area is 139 Å². The Morgan fingerprint density at radius 2 is 2.09 bits per heavy atom. The molecular weight excluding hydrogens is 310 g/mol. The summed E-state index contributed by atoms with van der Waals surface area (Å²) in [6.45, 7) is 2.69. The molecule has 0 bridgehead atoms. The number of primary amides is 1. The van der Waals surface area contributed by atoms with Gasteiger partial charge in [-0.15, -0.1) is 11.8 Å². The summed E-state index contributed by atoms with van der Waals surface area (Å²) in [4.78, 5) is 11.8. The molecule has 0 radical (unpaired) electrons. The van der Waals surface area contributed by atoms with Crippen LogP contribution >= 0.6 is 11.8 Å². The minimum absolute atomic E-state index is 0.610. The molecular formula is C17H19N3O2S. The number of hydrogen-bond acceptors (Lipinski definition) is 4. The summed E-state index contributed by atoms with van der Waals surface area (Å²) in [5.74, 6) is 1.63. The molecule has 0 heterocycles. The van der Waals surface area contributed by atoms with Crippen LogP contribution in [-0.4, -0.2) is 24.6 Å². The minimum atomic E-state index is -0.693. The first-order valence-corrected chi connectivity index (χ1v) is 8.13. The van der Waals surface area contributed by atoms with Crippen molar-refractivity contribution in [2.75, 3.05) is 12.4 Å². The van der Waals surface area contributed by atoms with E-state index in [1.54, 1.807) is 11.8 Å². The predicted molar refractivity (Wildman–Crippen MR) is 94.2 cm³/mol. The third-order valence-electron chi connectivity index (χ3n) is 2.89. The van der Waals surface area contributed by atoms with Crippen molar-refractivity contribution >= 4 is 24.0 Å². The first-order chi connectivity index (χ1) is 11.1. The van der Waals surface area contributed by atoms with Crippen LogP contribution in [0.15, 0.2) is 58.5 Å². The van der Waals surface area contributed by atoms with Crippen LogP contribution in [0.3, 0.4) is 0 Å². The molecule has 0 saturated carbocycles. The smallest absolute Gasteiger partial charge is 0.332 e. The lowest BCUT2D eigenvalue weighted by molar-refractivity contribution is 0.249. The van der Waals surface area contributed by atoms with E-state index < -0.39 is 6.03 Å². The molecule has 0 fully saturated rings. The average molecular weight is 329 g/mol. The van der Waals surface area contributed by atoms with Gasteiger partial charge in [-0.3, -0.25) is 0 Å². The summed E-state index contributed by atoms with van der Waals surface area (Å²) in [5, 5.41) is 3.72. The zero-order valence-electron chi connectivity index (χ0n) is 12.9. The van der Waals surface area contributed by atoms with E-state index in [9.17, 15) is 4.79 Å². The van der Waals surface area contributed by atoms with Crippen LogP contribution in [0.4, 0.5) is 4.79 Å². The van der Waals surface area contributed by atoms with Crippen LogP contribution in [0, 0.1) is 6.92 Å². The highest BCUT2D eigenvalue weighted by molar-refractivity contribution is 7.99. The molecule has 0 spiro atoms. The van der Waals surface area contributed by atoms with Gasteiger partial charge in [-0.1, -0.05) is 29.8 Å². The van der Waals surface area contributed by atoms with Crippen molar-refractivity contribution in [3.8, 4) is 5.75 Å². The van der Waals surface area contributed by atoms with E-state index in [1.165, 1.54) is 16.7 Å². The molecule has 3 N–H and O–H groups in total. The fraction of sp³-hybridized carbons (Fsp3) is 0.176. The van der Waals surface area contributed by atoms with E-state index in [1.807, 2.05) is 24.3 Å². The number of benzene rings is 2. The number of hydrogen-bond donors (Lipinski definition) is 2. The van der Waals surface area contributed by atoms with Crippen LogP contribution in [0.25, 0.3) is 0 Å². The van der Waals surface area contributed by atoms with Crippen LogP contribution in [-0.2, 0) is 0 Å². The zero-order chi connectivity index (χ0) is 16.5. The van der Waals surface area contributed by atoms with Crippen LogP contribution in [0.5, 0.6) is 5.75 Å². The third kappa shape index (κ3) is 6.44. The molecule has 0 atom stereocenters. The highest BCUT2D eigenvalue weighted by Crippen LogP contribution is 2.19. The van der Waals surface area contributed by atoms with Gasteiger partial charge in [0.25, 0.3) is 0 Å². The minimum Gasteiger partial charge on any atom is -0.493 e. The van der Waals surface area contributed by atoms with Crippen molar-refractivity contribution in [3.05, 3.63) is 59.7 Å². The first-order valence-electron chi connectivity index (χ1n) is 7.14. The quantitative estimate of drug-likeness (QED) is 0.354. The maximum atomic E-state index is 10.5. The predicted octanol–water partition coefficient (Wildman–Crippen LogP) is 3.17. The van der Waals surface area contributed by atoms with Gasteiger partial charge in [-0.25, -0.2) is 10.2 Å². The molecule has 23 heavy (non-hydrogen) atoms. The van der Waals surface area contributed by atoms with E-state index in [-0.39, 0.29) is 0 Å². The van der Waals surface area contributed by atoms with Gasteiger partial charge in [0.1, 0.15) is 5.75 Å². The summed E-state index contributed by atoms with van der Waals surface area (Å²) < 4.78 is 5.73. The summed E-state index contributed by atoms with van der Waals surface area (Å²) in [5.41, 5.74) is 9.17. The van der Waals surface area contributed by atoms with Crippen LogP contribution in [0.2, 0.25) is 0 Å². The van der Waals surface area contributed by atoms with Gasteiger partial charge in [0, 0.05) is 10.6 Å². The van der Waals surface area contributed by atoms with Gasteiger partial charge < -0.3 is 10.5 Å². The Bertz CT molecular complexity index is 672. The molecule has 0 aromatic heterocycles. The molecule has 0 aliphatic heterocycles. The van der Waals surface area contributed by atoms with E-state index in [0.717, 1.165) is 17.1 Å². The Morgan fingerprint density at radius 3 is 2.83 bits per heavy atom. The molecule has 0 aliphatic rings. The molecule has 0 unspecified atom stereocenters. The van der Waals surface area contributed by atoms with Gasteiger partial charge in [0.2, 0.25) is 0 Å². The lowest BCUT2D eigenvalue weighted by Crippen LogP contribution is -2.24. The number of hydrazone groups is 1. The van der Waals surface area contributed by atoms with E-state index in [4.69, 9.17) is 10.5 Å². The van der Waals surface area contributed by atoms with Crippen molar-refractivity contribution in [1.29, 1.82) is 0 Å². The topological polar surface area (TPSA) is 76.7 Å². The summed E-state index contributed by atoms with van der Waals surface area (Å²) in [6, 6.07) is 15.2. The number of nitrogens with zero attached hydrogens (tertiary/aromatic N) is 1. The second kappa shape index (κ2) is 8.85. The highest BCUT2D eigenvalue weighted by Gasteiger charge is 1.98. The van der Waals surface area contributed by atoms with Crippen molar-refractivity contribution in [1.82, 2.24) is 5.43 Å². The molecule has 2 aromatic carbocycles. The summed E-state index contributed by atoms with van der Waals surface area (Å²) in [6.07, 6.45) is 1.51. The SMILES string of the molecule is Cc1ccc(SCCOc2cccc(C=NNC(N)=O)c2)cc1. The second-order valence-electron chi connectivity index (χ2n) is 4.82. The van der Waals surface area contributed by atoms with E-state index >= 15 is 0 Å². The summed E-state index contributed by atoms with van der Waals surface area (Å²) >= 11 is 1.76. The van der Waals surface area contributed by atoms with Crippen molar-refractivity contribution in [3.63, 3.8) is 0 Å². The maximum absolute atomic E-state index is 10.5. The number of urea groups is 1. The number of aryl methyl sites for hydroxylation is 1. The molecule has 5 nitrogen and oxygen atoms in total. The number of carbonyl (C=O) groups is 1. The van der Waals surface area contributed by atoms with Gasteiger partial charge in [-0.2, -0.15) is 5.10 Å². The number of rotatable bonds is 7. The molecule has 2 amide bonds. The monoisotopic (exact) mass is 329 g/mol. The third-order valence-corrected chi connectivity index (χ3v) is 3.86. The molecule has 6 heteroatoms. The number of thioether (sulfide) groups is 1. The number of ether oxygens (including phenoxy) is 1. The van der Waals surface area contributed by atoms with Crippen molar-refractivity contribution < 1.29 is 9.53 Å². The Hall–Kier alpha value is -2.47. The largest absolute Gasteiger partial charge is 0.493 e. The van der Waals surface area contributed by atoms with Gasteiger partial charge in [0.15, 0.2) is 0 Å². The zero-order valence-corrected chi connectivity index (χ0v) is 13.7.